The Hall–Kier alpha value is -5.21. The lowest BCUT2D eigenvalue weighted by Gasteiger charge is -2.32. The summed E-state index contributed by atoms with van der Waals surface area (Å²) in [6, 6.07) is 28.9. The molecule has 0 saturated carbocycles. The highest BCUT2D eigenvalue weighted by Gasteiger charge is 2.66. The fourth-order valence-corrected chi connectivity index (χ4v) is 11.3. The number of aliphatic hydroxyl groups is 1. The molecule has 12 nitrogen and oxygen atoms in total. The molecule has 2 N–H and O–H groups in total. The number of non-ortho nitro benzene ring substituents is 1. The van der Waals surface area contributed by atoms with Gasteiger partial charge < -0.3 is 24.4 Å². The summed E-state index contributed by atoms with van der Waals surface area (Å²) < 4.78 is 6.80. The second-order valence-electron chi connectivity index (χ2n) is 15.0. The molecule has 3 aliphatic rings. The summed E-state index contributed by atoms with van der Waals surface area (Å²) >= 11 is 0. The molecule has 13 heteroatoms. The number of aliphatic hydroxyl groups excluding tert-OH is 1. The van der Waals surface area contributed by atoms with Gasteiger partial charge in [-0.25, -0.2) is 0 Å². The van der Waals surface area contributed by atoms with Crippen LogP contribution < -0.4 is 9.80 Å². The first-order valence-electron chi connectivity index (χ1n) is 18.3. The molecule has 0 radical (unpaired) electrons. The van der Waals surface area contributed by atoms with Gasteiger partial charge in [-0.05, 0) is 60.5 Å². The van der Waals surface area contributed by atoms with Gasteiger partial charge in [0.1, 0.15) is 0 Å². The molecule has 3 heterocycles. The number of amides is 3. The van der Waals surface area contributed by atoms with E-state index < -0.39 is 42.3 Å². The SMILES string of the molecule is C[C@H]1[C@H]([Si](C)(C)O)[C@@H](CC(=O)N(CCO)Cc2ccccc2)O[C@]12C(=O)N(Cc1ccc(N3C(=O)CCc4ccccc43)cc1)c1ccc([N+](=O)[O-])cc12. The third-order valence-corrected chi connectivity index (χ3v) is 13.6. The standard InChI is InChI=1S/C41H44N4O8Si/c1-27-39(54(2,3)52)36(24-38(48)42(21-22-46)25-28-9-5-4-6-10-28)53-41(27)33-23-32(45(50)51)18-19-35(33)43(40(41)49)26-29-13-16-31(17-14-29)44-34-12-8-7-11-30(34)15-20-37(44)47/h4-14,16-19,23,27,36,39,46,52H,15,20-22,24-26H2,1-3H3/t27-,36+,39-,41+/m0/s1. The summed E-state index contributed by atoms with van der Waals surface area (Å²) in [5, 5.41) is 21.9. The Morgan fingerprint density at radius 1 is 0.963 bits per heavy atom. The highest BCUT2D eigenvalue weighted by atomic mass is 28.4. The Morgan fingerprint density at radius 2 is 1.67 bits per heavy atom. The fourth-order valence-electron chi connectivity index (χ4n) is 8.70. The average molecular weight is 749 g/mol. The summed E-state index contributed by atoms with van der Waals surface area (Å²) in [6.07, 6.45) is 0.0489. The summed E-state index contributed by atoms with van der Waals surface area (Å²) in [5.74, 6) is -1.38. The Bertz CT molecular complexity index is 2090. The highest BCUT2D eigenvalue weighted by Crippen LogP contribution is 2.60. The molecule has 0 unspecified atom stereocenters. The third-order valence-electron chi connectivity index (χ3n) is 11.1. The van der Waals surface area contributed by atoms with E-state index in [1.807, 2.05) is 85.8 Å². The van der Waals surface area contributed by atoms with Crippen LogP contribution in [0, 0.1) is 16.0 Å². The van der Waals surface area contributed by atoms with Gasteiger partial charge in [-0.15, -0.1) is 0 Å². The zero-order valence-corrected chi connectivity index (χ0v) is 31.6. The van der Waals surface area contributed by atoms with Crippen molar-refractivity contribution in [3.8, 4) is 0 Å². The number of rotatable bonds is 11. The minimum absolute atomic E-state index is 0.00139. The van der Waals surface area contributed by atoms with Crippen LogP contribution in [0.25, 0.3) is 0 Å². The van der Waals surface area contributed by atoms with E-state index in [-0.39, 0.29) is 50.2 Å². The van der Waals surface area contributed by atoms with Crippen LogP contribution in [-0.2, 0) is 44.2 Å². The molecule has 7 rings (SSSR count). The fraction of sp³-hybridized carbons (Fsp3) is 0.341. The number of para-hydroxylation sites is 1. The van der Waals surface area contributed by atoms with Gasteiger partial charge in [-0.2, -0.15) is 0 Å². The second kappa shape index (κ2) is 14.6. The van der Waals surface area contributed by atoms with Crippen LogP contribution >= 0.6 is 0 Å². The van der Waals surface area contributed by atoms with Crippen LogP contribution in [0.15, 0.2) is 97.1 Å². The van der Waals surface area contributed by atoms with Crippen LogP contribution in [0.2, 0.25) is 18.6 Å². The normalized spacial score (nSPS) is 22.1. The molecule has 1 fully saturated rings. The predicted molar refractivity (Wildman–Crippen MR) is 205 cm³/mol. The zero-order chi connectivity index (χ0) is 38.4. The molecule has 1 saturated heterocycles. The topological polar surface area (TPSA) is 154 Å². The van der Waals surface area contributed by atoms with Gasteiger partial charge in [0.05, 0.1) is 42.0 Å². The number of fused-ring (bicyclic) bond motifs is 3. The number of nitro groups is 1. The zero-order valence-electron chi connectivity index (χ0n) is 30.6. The number of nitro benzene ring substituents is 1. The molecule has 4 atom stereocenters. The minimum Gasteiger partial charge on any atom is -0.432 e. The van der Waals surface area contributed by atoms with E-state index in [2.05, 4.69) is 0 Å². The van der Waals surface area contributed by atoms with Crippen molar-refractivity contribution in [1.29, 1.82) is 0 Å². The number of anilines is 3. The van der Waals surface area contributed by atoms with E-state index in [0.717, 1.165) is 22.4 Å². The molecule has 280 valence electrons. The van der Waals surface area contributed by atoms with Crippen molar-refractivity contribution in [2.45, 2.75) is 69.6 Å². The van der Waals surface area contributed by atoms with Crippen LogP contribution in [0.5, 0.6) is 0 Å². The molecule has 4 aromatic carbocycles. The minimum atomic E-state index is -3.16. The molecule has 54 heavy (non-hydrogen) atoms. The number of nitrogens with zero attached hydrogens (tertiary/aromatic N) is 4. The number of aryl methyl sites for hydroxylation is 1. The van der Waals surface area contributed by atoms with Gasteiger partial charge in [0.15, 0.2) is 13.9 Å². The monoisotopic (exact) mass is 748 g/mol. The van der Waals surface area contributed by atoms with Gasteiger partial charge in [-0.3, -0.25) is 29.4 Å². The van der Waals surface area contributed by atoms with Gasteiger partial charge in [-0.1, -0.05) is 67.6 Å². The Balaban J connectivity index is 1.21. The molecule has 0 aromatic heterocycles. The summed E-state index contributed by atoms with van der Waals surface area (Å²) in [4.78, 5) is 70.0. The molecule has 1 spiro atoms. The largest absolute Gasteiger partial charge is 0.432 e. The number of hydrogen-bond donors (Lipinski definition) is 2. The van der Waals surface area contributed by atoms with E-state index >= 15 is 0 Å². The van der Waals surface area contributed by atoms with E-state index in [9.17, 15) is 34.4 Å². The van der Waals surface area contributed by atoms with Crippen molar-refractivity contribution in [1.82, 2.24) is 4.90 Å². The number of carbonyl (C=O) groups is 3. The number of hydrogen-bond acceptors (Lipinski definition) is 8. The molecule has 3 aliphatic heterocycles. The van der Waals surface area contributed by atoms with Gasteiger partial charge in [0, 0.05) is 54.4 Å². The molecule has 0 aliphatic carbocycles. The van der Waals surface area contributed by atoms with Crippen molar-refractivity contribution < 1.29 is 33.9 Å². The summed E-state index contributed by atoms with van der Waals surface area (Å²) in [6.45, 7) is 5.54. The lowest BCUT2D eigenvalue weighted by Crippen LogP contribution is -2.46. The average Bonchev–Trinajstić information content (AvgIpc) is 3.57. The second-order valence-corrected chi connectivity index (χ2v) is 18.9. The Morgan fingerprint density at radius 3 is 2.35 bits per heavy atom. The highest BCUT2D eigenvalue weighted by molar-refractivity contribution is 6.71. The smallest absolute Gasteiger partial charge is 0.269 e. The maximum absolute atomic E-state index is 14.9. The quantitative estimate of drug-likeness (QED) is 0.108. The van der Waals surface area contributed by atoms with Crippen LogP contribution in [0.1, 0.15) is 42.0 Å². The van der Waals surface area contributed by atoms with Gasteiger partial charge >= 0.3 is 0 Å². The summed E-state index contributed by atoms with van der Waals surface area (Å²) in [5.41, 5.74) is 2.58. The molecule has 4 aromatic rings. The van der Waals surface area contributed by atoms with Crippen molar-refractivity contribution >= 4 is 48.8 Å². The number of ether oxygens (including phenoxy) is 1. The van der Waals surface area contributed by atoms with Gasteiger partial charge in [0.2, 0.25) is 11.8 Å². The summed E-state index contributed by atoms with van der Waals surface area (Å²) in [7, 11) is -3.16. The molecule has 3 amide bonds. The van der Waals surface area contributed by atoms with E-state index in [1.54, 1.807) is 33.9 Å². The molecular formula is C41H44N4O8Si. The maximum Gasteiger partial charge on any atom is 0.269 e. The molecule has 0 bridgehead atoms. The Labute approximate surface area is 314 Å². The van der Waals surface area contributed by atoms with Crippen molar-refractivity contribution in [2.24, 2.45) is 5.92 Å². The Kier molecular flexibility index (Phi) is 10.0. The lowest BCUT2D eigenvalue weighted by atomic mass is 9.82. The van der Waals surface area contributed by atoms with Crippen LogP contribution in [0.4, 0.5) is 22.7 Å². The lowest BCUT2D eigenvalue weighted by molar-refractivity contribution is -0.385. The molecular weight excluding hydrogens is 705 g/mol. The van der Waals surface area contributed by atoms with Crippen molar-refractivity contribution in [3.63, 3.8) is 0 Å². The van der Waals surface area contributed by atoms with Gasteiger partial charge in [0.25, 0.3) is 11.6 Å². The predicted octanol–water partition coefficient (Wildman–Crippen LogP) is 5.96. The number of benzene rings is 4. The first-order valence-corrected chi connectivity index (χ1v) is 21.3. The number of carbonyl (C=O) groups excluding carboxylic acids is 3. The van der Waals surface area contributed by atoms with Crippen molar-refractivity contribution in [2.75, 3.05) is 23.0 Å². The third kappa shape index (κ3) is 6.61. The first kappa shape index (κ1) is 37.1. The van der Waals surface area contributed by atoms with E-state index in [1.165, 1.54) is 12.1 Å². The van der Waals surface area contributed by atoms with Crippen molar-refractivity contribution in [3.05, 3.63) is 129 Å². The van der Waals surface area contributed by atoms with Crippen LogP contribution in [-0.4, -0.2) is 65.0 Å². The van der Waals surface area contributed by atoms with E-state index in [0.29, 0.717) is 29.8 Å². The maximum atomic E-state index is 14.9. The van der Waals surface area contributed by atoms with Crippen LogP contribution in [0.3, 0.4) is 0 Å². The van der Waals surface area contributed by atoms with E-state index in [4.69, 9.17) is 4.74 Å². The first-order chi connectivity index (χ1) is 25.8.